The summed E-state index contributed by atoms with van der Waals surface area (Å²) in [6.07, 6.45) is 0.0498. The fraction of sp³-hybridized carbons (Fsp3) is 0.125. The number of anilines is 1. The number of nitrogens with two attached hydrogens (primary N) is 1. The van der Waals surface area contributed by atoms with Gasteiger partial charge in [0.15, 0.2) is 17.5 Å². The molecular weight excluding hydrogens is 396 g/mol. The van der Waals surface area contributed by atoms with Gasteiger partial charge in [0, 0.05) is 29.1 Å². The smallest absolute Gasteiger partial charge is 0.235 e. The van der Waals surface area contributed by atoms with E-state index in [2.05, 4.69) is 35.0 Å². The summed E-state index contributed by atoms with van der Waals surface area (Å²) in [5.41, 5.74) is 7.37. The van der Waals surface area contributed by atoms with Gasteiger partial charge in [-0.25, -0.2) is 0 Å². The third kappa shape index (κ3) is 3.15. The number of benzene rings is 3. The first-order valence-corrected chi connectivity index (χ1v) is 10.5. The molecule has 3 N–H and O–H groups in total. The number of ketones is 2. The van der Waals surface area contributed by atoms with Gasteiger partial charge in [-0.05, 0) is 75.0 Å². The van der Waals surface area contributed by atoms with Crippen molar-refractivity contribution in [3.05, 3.63) is 76.0 Å². The Bertz CT molecular complexity index is 1340. The Morgan fingerprint density at radius 2 is 1.77 bits per heavy atom. The number of carbonyl (C=O) groups is 3. The zero-order chi connectivity index (χ0) is 20.8. The monoisotopic (exact) mass is 414 g/mol. The Morgan fingerprint density at radius 3 is 2.53 bits per heavy atom. The van der Waals surface area contributed by atoms with Crippen LogP contribution >= 0.6 is 11.3 Å². The van der Waals surface area contributed by atoms with Crippen LogP contribution in [-0.2, 0) is 22.6 Å². The topological polar surface area (TPSA) is 89.3 Å². The van der Waals surface area contributed by atoms with Gasteiger partial charge in [0.2, 0.25) is 5.91 Å². The third-order valence-corrected chi connectivity index (χ3v) is 6.44. The second-order valence-electron chi connectivity index (χ2n) is 7.55. The standard InChI is InChI=1S/C24H18N2O3S/c25-24(29)22-21(27)11-17-8-14-6-13-3-4-18(26-12-19-2-1-5-30-19)9-15(13)7-16(14)10-20(17)23(22)28/h1-10,22,26H,11-12H2,(H2,25,29). The van der Waals surface area contributed by atoms with E-state index in [1.54, 1.807) is 17.4 Å². The van der Waals surface area contributed by atoms with Crippen molar-refractivity contribution in [1.82, 2.24) is 0 Å². The van der Waals surface area contributed by atoms with E-state index in [9.17, 15) is 14.4 Å². The van der Waals surface area contributed by atoms with E-state index in [0.717, 1.165) is 33.8 Å². The minimum absolute atomic E-state index is 0.0498. The fourth-order valence-electron chi connectivity index (χ4n) is 4.06. The Morgan fingerprint density at radius 1 is 1.00 bits per heavy atom. The number of nitrogens with one attached hydrogen (secondary N) is 1. The lowest BCUT2D eigenvalue weighted by molar-refractivity contribution is -0.129. The lowest BCUT2D eigenvalue weighted by Crippen LogP contribution is -2.41. The number of carbonyl (C=O) groups excluding carboxylic acids is 3. The molecule has 148 valence electrons. The summed E-state index contributed by atoms with van der Waals surface area (Å²) in [7, 11) is 0. The lowest BCUT2D eigenvalue weighted by atomic mass is 9.80. The Labute approximate surface area is 176 Å². The molecule has 1 aliphatic carbocycles. The molecule has 1 aromatic heterocycles. The lowest BCUT2D eigenvalue weighted by Gasteiger charge is -2.21. The summed E-state index contributed by atoms with van der Waals surface area (Å²) in [6.45, 7) is 0.765. The number of primary amides is 1. The molecule has 0 aliphatic heterocycles. The van der Waals surface area contributed by atoms with E-state index in [0.29, 0.717) is 11.1 Å². The molecule has 0 saturated carbocycles. The molecule has 30 heavy (non-hydrogen) atoms. The number of thiophene rings is 1. The van der Waals surface area contributed by atoms with E-state index >= 15 is 0 Å². The molecular formula is C24H18N2O3S. The zero-order valence-corrected chi connectivity index (χ0v) is 16.8. The molecule has 0 saturated heterocycles. The second-order valence-corrected chi connectivity index (χ2v) is 8.58. The normalized spacial score (nSPS) is 16.1. The largest absolute Gasteiger partial charge is 0.380 e. The van der Waals surface area contributed by atoms with Crippen molar-refractivity contribution in [1.29, 1.82) is 0 Å². The van der Waals surface area contributed by atoms with Gasteiger partial charge in [-0.1, -0.05) is 12.1 Å². The predicted octanol–water partition coefficient (Wildman–Crippen LogP) is 4.08. The minimum Gasteiger partial charge on any atom is -0.380 e. The molecule has 0 fully saturated rings. The van der Waals surface area contributed by atoms with E-state index in [-0.39, 0.29) is 6.42 Å². The average molecular weight is 414 g/mol. The first-order chi connectivity index (χ1) is 14.5. The number of rotatable bonds is 4. The third-order valence-electron chi connectivity index (χ3n) is 5.56. The van der Waals surface area contributed by atoms with Crippen LogP contribution in [0, 0.1) is 5.92 Å². The van der Waals surface area contributed by atoms with Gasteiger partial charge in [0.05, 0.1) is 0 Å². The van der Waals surface area contributed by atoms with E-state index in [1.807, 2.05) is 24.3 Å². The first-order valence-electron chi connectivity index (χ1n) is 9.62. The number of Topliss-reactive ketones (excluding diaryl/α,β-unsaturated/α-hetero) is 2. The Hall–Kier alpha value is -3.51. The Kier molecular flexibility index (Phi) is 4.37. The molecule has 1 atom stereocenters. The Balaban J connectivity index is 1.55. The summed E-state index contributed by atoms with van der Waals surface area (Å²) in [5, 5.41) is 9.46. The predicted molar refractivity (Wildman–Crippen MR) is 119 cm³/mol. The average Bonchev–Trinajstić information content (AvgIpc) is 3.23. The summed E-state index contributed by atoms with van der Waals surface area (Å²) in [6, 6.07) is 18.1. The van der Waals surface area contributed by atoms with Crippen LogP contribution in [-0.4, -0.2) is 17.5 Å². The quantitative estimate of drug-likeness (QED) is 0.389. The zero-order valence-electron chi connectivity index (χ0n) is 16.0. The van der Waals surface area contributed by atoms with Crippen LogP contribution in [0.15, 0.2) is 60.0 Å². The molecule has 1 unspecified atom stereocenters. The number of fused-ring (bicyclic) bond motifs is 3. The molecule has 6 heteroatoms. The molecule has 5 rings (SSSR count). The fourth-order valence-corrected chi connectivity index (χ4v) is 4.71. The van der Waals surface area contributed by atoms with Crippen molar-refractivity contribution in [3.63, 3.8) is 0 Å². The van der Waals surface area contributed by atoms with Crippen molar-refractivity contribution >= 4 is 56.0 Å². The molecule has 0 radical (unpaired) electrons. The highest BCUT2D eigenvalue weighted by Crippen LogP contribution is 2.31. The summed E-state index contributed by atoms with van der Waals surface area (Å²) in [5.74, 6) is -3.18. The highest BCUT2D eigenvalue weighted by atomic mass is 32.1. The first kappa shape index (κ1) is 18.5. The molecule has 5 nitrogen and oxygen atoms in total. The van der Waals surface area contributed by atoms with Crippen molar-refractivity contribution in [2.24, 2.45) is 11.7 Å². The van der Waals surface area contributed by atoms with Crippen LogP contribution < -0.4 is 11.1 Å². The van der Waals surface area contributed by atoms with E-state index in [4.69, 9.17) is 5.73 Å². The van der Waals surface area contributed by atoms with E-state index in [1.165, 1.54) is 4.88 Å². The van der Waals surface area contributed by atoms with Crippen molar-refractivity contribution in [3.8, 4) is 0 Å². The highest BCUT2D eigenvalue weighted by molar-refractivity contribution is 7.09. The molecule has 0 bridgehead atoms. The van der Waals surface area contributed by atoms with Gasteiger partial charge in [-0.15, -0.1) is 11.3 Å². The maximum Gasteiger partial charge on any atom is 0.235 e. The molecule has 1 heterocycles. The SMILES string of the molecule is NC(=O)C1C(=O)Cc2cc3cc4ccc(NCc5cccs5)cc4cc3cc2C1=O. The summed E-state index contributed by atoms with van der Waals surface area (Å²) in [4.78, 5) is 37.8. The molecule has 4 aromatic rings. The maximum absolute atomic E-state index is 12.7. The van der Waals surface area contributed by atoms with Crippen LogP contribution in [0.4, 0.5) is 5.69 Å². The van der Waals surface area contributed by atoms with Gasteiger partial charge >= 0.3 is 0 Å². The van der Waals surface area contributed by atoms with Crippen LogP contribution in [0.25, 0.3) is 21.5 Å². The molecule has 0 spiro atoms. The van der Waals surface area contributed by atoms with Crippen molar-refractivity contribution < 1.29 is 14.4 Å². The minimum atomic E-state index is -1.37. The summed E-state index contributed by atoms with van der Waals surface area (Å²) >= 11 is 1.71. The second kappa shape index (κ2) is 7.07. The van der Waals surface area contributed by atoms with Crippen molar-refractivity contribution in [2.75, 3.05) is 5.32 Å². The van der Waals surface area contributed by atoms with Crippen molar-refractivity contribution in [2.45, 2.75) is 13.0 Å². The molecule has 1 aliphatic rings. The molecule has 1 amide bonds. The number of hydrogen-bond donors (Lipinski definition) is 2. The van der Waals surface area contributed by atoms with Gasteiger partial charge in [-0.3, -0.25) is 14.4 Å². The van der Waals surface area contributed by atoms with Crippen LogP contribution in [0.3, 0.4) is 0 Å². The van der Waals surface area contributed by atoms with Gasteiger partial charge in [-0.2, -0.15) is 0 Å². The van der Waals surface area contributed by atoms with Crippen LogP contribution in [0.1, 0.15) is 20.8 Å². The number of hydrogen-bond acceptors (Lipinski definition) is 5. The van der Waals surface area contributed by atoms with Gasteiger partial charge in [0.1, 0.15) is 0 Å². The number of amides is 1. The van der Waals surface area contributed by atoms with Gasteiger partial charge in [0.25, 0.3) is 0 Å². The maximum atomic E-state index is 12.7. The van der Waals surface area contributed by atoms with Gasteiger partial charge < -0.3 is 11.1 Å². The molecule has 3 aromatic carbocycles. The van der Waals surface area contributed by atoms with Crippen LogP contribution in [0.2, 0.25) is 0 Å². The summed E-state index contributed by atoms with van der Waals surface area (Å²) < 4.78 is 0. The van der Waals surface area contributed by atoms with E-state index < -0.39 is 23.4 Å². The van der Waals surface area contributed by atoms with Crippen LogP contribution in [0.5, 0.6) is 0 Å². The highest BCUT2D eigenvalue weighted by Gasteiger charge is 2.38.